The molecular formula is C32H28ClN5O3. The monoisotopic (exact) mass is 565 g/mol. The van der Waals surface area contributed by atoms with Crippen LogP contribution in [0.2, 0.25) is 5.02 Å². The van der Waals surface area contributed by atoms with Crippen molar-refractivity contribution in [2.75, 3.05) is 26.2 Å². The molecule has 206 valence electrons. The van der Waals surface area contributed by atoms with Gasteiger partial charge in [-0.2, -0.15) is 0 Å². The van der Waals surface area contributed by atoms with Gasteiger partial charge in [0.05, 0.1) is 26.9 Å². The Kier molecular flexibility index (Phi) is 7.26. The number of aryl methyl sites for hydroxylation is 1. The third kappa shape index (κ3) is 5.44. The molecular weight excluding hydrogens is 538 g/mol. The number of halogens is 1. The van der Waals surface area contributed by atoms with Crippen molar-refractivity contribution in [2.45, 2.75) is 13.5 Å². The third-order valence-electron chi connectivity index (χ3n) is 7.54. The number of nitrogens with zero attached hydrogens (tertiary/aromatic N) is 5. The number of nitro benzene ring substituents is 1. The number of fused-ring (bicyclic) bond motifs is 1. The smallest absolute Gasteiger partial charge is 0.270 e. The van der Waals surface area contributed by atoms with Gasteiger partial charge in [0.15, 0.2) is 0 Å². The molecule has 1 saturated heterocycles. The average Bonchev–Trinajstić information content (AvgIpc) is 3.35. The van der Waals surface area contributed by atoms with Crippen molar-refractivity contribution in [3.8, 4) is 22.4 Å². The van der Waals surface area contributed by atoms with Crippen LogP contribution in [-0.2, 0) is 6.54 Å². The SMILES string of the molecule is Cc1cccc(-c2ccc3nc(-c4cccc([N+](=O)[O-])c4)c(CN4CCN(C(=O)c5ccccc5Cl)CC4)n3c2)c1. The van der Waals surface area contributed by atoms with E-state index in [1.165, 1.54) is 11.6 Å². The first-order valence-corrected chi connectivity index (χ1v) is 13.8. The summed E-state index contributed by atoms with van der Waals surface area (Å²) in [4.78, 5) is 33.3. The number of non-ortho nitro benzene ring substituents is 1. The van der Waals surface area contributed by atoms with Crippen LogP contribution in [-0.4, -0.2) is 56.2 Å². The number of rotatable bonds is 6. The van der Waals surface area contributed by atoms with E-state index in [-0.39, 0.29) is 16.5 Å². The molecule has 0 atom stereocenters. The van der Waals surface area contributed by atoms with Crippen LogP contribution in [0.1, 0.15) is 21.6 Å². The summed E-state index contributed by atoms with van der Waals surface area (Å²) in [6, 6.07) is 26.1. The zero-order valence-corrected chi connectivity index (χ0v) is 23.3. The number of amides is 1. The Morgan fingerprint density at radius 1 is 0.902 bits per heavy atom. The number of nitro groups is 1. The van der Waals surface area contributed by atoms with Gasteiger partial charge >= 0.3 is 0 Å². The number of imidazole rings is 1. The number of hydrogen-bond acceptors (Lipinski definition) is 5. The number of piperazine rings is 1. The lowest BCUT2D eigenvalue weighted by Gasteiger charge is -2.35. The summed E-state index contributed by atoms with van der Waals surface area (Å²) in [5.41, 5.74) is 7.00. The van der Waals surface area contributed by atoms with Crippen LogP contribution in [0.3, 0.4) is 0 Å². The highest BCUT2D eigenvalue weighted by molar-refractivity contribution is 6.33. The van der Waals surface area contributed by atoms with Crippen molar-refractivity contribution < 1.29 is 9.72 Å². The summed E-state index contributed by atoms with van der Waals surface area (Å²) in [5, 5.41) is 12.0. The topological polar surface area (TPSA) is 84.0 Å². The molecule has 8 nitrogen and oxygen atoms in total. The lowest BCUT2D eigenvalue weighted by Crippen LogP contribution is -2.48. The standard InChI is InChI=1S/C32H28ClN5O3/c1-22-6-4-7-23(18-22)25-12-13-30-34-31(24-8-5-9-26(19-24)38(40)41)29(37(30)20-25)21-35-14-16-36(17-15-35)32(39)27-10-2-3-11-28(27)33/h2-13,18-20H,14-17,21H2,1H3. The molecule has 0 aliphatic carbocycles. The van der Waals surface area contributed by atoms with Crippen molar-refractivity contribution in [3.05, 3.63) is 123 Å². The number of carbonyl (C=O) groups excluding carboxylic acids is 1. The van der Waals surface area contributed by atoms with Gasteiger partial charge in [-0.15, -0.1) is 0 Å². The number of hydrogen-bond donors (Lipinski definition) is 0. The van der Waals surface area contributed by atoms with Gasteiger partial charge < -0.3 is 9.30 Å². The molecule has 2 aromatic heterocycles. The molecule has 3 aromatic carbocycles. The molecule has 6 rings (SSSR count). The highest BCUT2D eigenvalue weighted by atomic mass is 35.5. The molecule has 0 N–H and O–H groups in total. The van der Waals surface area contributed by atoms with Crippen molar-refractivity contribution in [3.63, 3.8) is 0 Å². The molecule has 0 bridgehead atoms. The van der Waals surface area contributed by atoms with Crippen LogP contribution >= 0.6 is 11.6 Å². The van der Waals surface area contributed by atoms with E-state index in [0.29, 0.717) is 54.6 Å². The maximum absolute atomic E-state index is 13.1. The van der Waals surface area contributed by atoms with Crippen LogP contribution < -0.4 is 0 Å². The fraction of sp³-hybridized carbons (Fsp3) is 0.188. The second-order valence-corrected chi connectivity index (χ2v) is 10.7. The minimum atomic E-state index is -0.385. The van der Waals surface area contributed by atoms with Crippen LogP contribution in [0.4, 0.5) is 5.69 Å². The summed E-state index contributed by atoms with van der Waals surface area (Å²) >= 11 is 6.28. The predicted molar refractivity (Wildman–Crippen MR) is 160 cm³/mol. The molecule has 0 saturated carbocycles. The van der Waals surface area contributed by atoms with Gasteiger partial charge in [0.1, 0.15) is 5.65 Å². The van der Waals surface area contributed by atoms with Crippen LogP contribution in [0, 0.1) is 17.0 Å². The Morgan fingerprint density at radius 2 is 1.66 bits per heavy atom. The lowest BCUT2D eigenvalue weighted by atomic mass is 10.1. The van der Waals surface area contributed by atoms with E-state index in [4.69, 9.17) is 16.6 Å². The van der Waals surface area contributed by atoms with Crippen LogP contribution in [0.15, 0.2) is 91.1 Å². The normalized spacial score (nSPS) is 14.0. The summed E-state index contributed by atoms with van der Waals surface area (Å²) in [7, 11) is 0. The second-order valence-electron chi connectivity index (χ2n) is 10.3. The third-order valence-corrected chi connectivity index (χ3v) is 7.87. The van der Waals surface area contributed by atoms with E-state index in [9.17, 15) is 14.9 Å². The van der Waals surface area contributed by atoms with E-state index >= 15 is 0 Å². The molecule has 1 aliphatic rings. The zero-order chi connectivity index (χ0) is 28.5. The van der Waals surface area contributed by atoms with Gasteiger partial charge in [-0.1, -0.05) is 65.7 Å². The summed E-state index contributed by atoms with van der Waals surface area (Å²) in [6.45, 7) is 5.14. The molecule has 5 aromatic rings. The van der Waals surface area contributed by atoms with Gasteiger partial charge in [-0.05, 0) is 42.3 Å². The number of benzene rings is 3. The lowest BCUT2D eigenvalue weighted by molar-refractivity contribution is -0.384. The fourth-order valence-electron chi connectivity index (χ4n) is 5.36. The maximum Gasteiger partial charge on any atom is 0.270 e. The van der Waals surface area contributed by atoms with Crippen molar-refractivity contribution in [2.24, 2.45) is 0 Å². The molecule has 0 unspecified atom stereocenters. The molecule has 0 spiro atoms. The number of carbonyl (C=O) groups is 1. The minimum absolute atomic E-state index is 0.0256. The summed E-state index contributed by atoms with van der Waals surface area (Å²) < 4.78 is 2.09. The molecule has 1 fully saturated rings. The fourth-order valence-corrected chi connectivity index (χ4v) is 5.58. The van der Waals surface area contributed by atoms with E-state index in [1.54, 1.807) is 24.3 Å². The van der Waals surface area contributed by atoms with Gasteiger partial charge in [-0.25, -0.2) is 4.98 Å². The first-order chi connectivity index (χ1) is 19.9. The Hall–Kier alpha value is -4.53. The van der Waals surface area contributed by atoms with Crippen LogP contribution in [0.25, 0.3) is 28.0 Å². The number of pyridine rings is 1. The molecule has 0 radical (unpaired) electrons. The Labute approximate surface area is 242 Å². The van der Waals surface area contributed by atoms with E-state index in [0.717, 1.165) is 22.5 Å². The highest BCUT2D eigenvalue weighted by Gasteiger charge is 2.26. The van der Waals surface area contributed by atoms with Crippen molar-refractivity contribution >= 4 is 28.8 Å². The van der Waals surface area contributed by atoms with E-state index < -0.39 is 0 Å². The summed E-state index contributed by atoms with van der Waals surface area (Å²) in [6.07, 6.45) is 2.09. The van der Waals surface area contributed by atoms with Crippen LogP contribution in [0.5, 0.6) is 0 Å². The summed E-state index contributed by atoms with van der Waals surface area (Å²) in [5.74, 6) is -0.0647. The predicted octanol–water partition coefficient (Wildman–Crippen LogP) is 6.50. The zero-order valence-electron chi connectivity index (χ0n) is 22.5. The largest absolute Gasteiger partial charge is 0.336 e. The second kappa shape index (κ2) is 11.2. The first-order valence-electron chi connectivity index (χ1n) is 13.5. The number of aromatic nitrogens is 2. The van der Waals surface area contributed by atoms with Gasteiger partial charge in [0, 0.05) is 56.6 Å². The van der Waals surface area contributed by atoms with Gasteiger partial charge in [-0.3, -0.25) is 19.8 Å². The molecule has 41 heavy (non-hydrogen) atoms. The molecule has 1 amide bonds. The molecule has 1 aliphatic heterocycles. The minimum Gasteiger partial charge on any atom is -0.336 e. The highest BCUT2D eigenvalue weighted by Crippen LogP contribution is 2.31. The van der Waals surface area contributed by atoms with Crippen molar-refractivity contribution in [1.82, 2.24) is 19.2 Å². The Bertz CT molecular complexity index is 1770. The first kappa shape index (κ1) is 26.7. The average molecular weight is 566 g/mol. The molecule has 9 heteroatoms. The van der Waals surface area contributed by atoms with Gasteiger partial charge in [0.25, 0.3) is 11.6 Å². The van der Waals surface area contributed by atoms with E-state index in [1.807, 2.05) is 35.2 Å². The Morgan fingerprint density at radius 3 is 2.41 bits per heavy atom. The van der Waals surface area contributed by atoms with Crippen molar-refractivity contribution in [1.29, 1.82) is 0 Å². The molecule has 3 heterocycles. The van der Waals surface area contributed by atoms with Gasteiger partial charge in [0.2, 0.25) is 0 Å². The van der Waals surface area contributed by atoms with E-state index in [2.05, 4.69) is 46.7 Å². The maximum atomic E-state index is 13.1. The quantitative estimate of drug-likeness (QED) is 0.173. The Balaban J connectivity index is 1.33.